The van der Waals surface area contributed by atoms with Crippen LogP contribution in [0.1, 0.15) is 12.6 Å². The second-order valence-electron chi connectivity index (χ2n) is 7.22. The van der Waals surface area contributed by atoms with Crippen molar-refractivity contribution in [3.63, 3.8) is 0 Å². The summed E-state index contributed by atoms with van der Waals surface area (Å²) in [4.78, 5) is 11.0. The van der Waals surface area contributed by atoms with Gasteiger partial charge in [-0.2, -0.15) is 5.10 Å². The topological polar surface area (TPSA) is 46.3 Å². The molecule has 0 unspecified atom stereocenters. The van der Waals surface area contributed by atoms with Gasteiger partial charge in [0, 0.05) is 29.7 Å². The van der Waals surface area contributed by atoms with Crippen molar-refractivity contribution in [1.82, 2.24) is 19.6 Å². The van der Waals surface area contributed by atoms with Crippen LogP contribution in [-0.4, -0.2) is 32.7 Å². The van der Waals surface area contributed by atoms with Gasteiger partial charge in [0.05, 0.1) is 24.3 Å². The highest BCUT2D eigenvalue weighted by molar-refractivity contribution is 5.98. The Labute approximate surface area is 154 Å². The summed E-state index contributed by atoms with van der Waals surface area (Å²) in [6.45, 7) is 6.00. The zero-order valence-electron chi connectivity index (χ0n) is 14.9. The predicted octanol–water partition coefficient (Wildman–Crippen LogP) is 3.99. The number of rotatable bonds is 2. The van der Waals surface area contributed by atoms with E-state index in [-0.39, 0.29) is 5.52 Å². The number of nitrogens with zero attached hydrogens (tertiary/aromatic N) is 5. The van der Waals surface area contributed by atoms with Crippen LogP contribution in [0.25, 0.3) is 27.7 Å². The number of pyridine rings is 1. The lowest BCUT2D eigenvalue weighted by atomic mass is 10.0. The molecule has 1 fully saturated rings. The van der Waals surface area contributed by atoms with Crippen LogP contribution < -0.4 is 4.90 Å². The molecule has 136 valence electrons. The molecule has 0 bridgehead atoms. The van der Waals surface area contributed by atoms with Crippen LogP contribution in [0.15, 0.2) is 36.8 Å². The van der Waals surface area contributed by atoms with Gasteiger partial charge in [-0.25, -0.2) is 23.3 Å². The predicted molar refractivity (Wildman–Crippen MR) is 99.8 cm³/mol. The van der Waals surface area contributed by atoms with Gasteiger partial charge in [-0.05, 0) is 36.6 Å². The summed E-state index contributed by atoms with van der Waals surface area (Å²) in [5, 5.41) is 4.97. The van der Waals surface area contributed by atoms with Gasteiger partial charge >= 0.3 is 0 Å². The first-order chi connectivity index (χ1) is 13.0. The highest BCUT2D eigenvalue weighted by atomic mass is 19.2. The van der Waals surface area contributed by atoms with Crippen LogP contribution in [0.2, 0.25) is 0 Å². The maximum absolute atomic E-state index is 14.3. The van der Waals surface area contributed by atoms with Crippen molar-refractivity contribution in [1.29, 1.82) is 0 Å². The van der Waals surface area contributed by atoms with Crippen molar-refractivity contribution < 1.29 is 8.78 Å². The van der Waals surface area contributed by atoms with Crippen LogP contribution in [0, 0.1) is 24.5 Å². The first kappa shape index (κ1) is 16.1. The zero-order chi connectivity index (χ0) is 18.7. The molecule has 0 aliphatic carbocycles. The summed E-state index contributed by atoms with van der Waals surface area (Å²) in [6.07, 6.45) is 5.50. The summed E-state index contributed by atoms with van der Waals surface area (Å²) in [5.74, 6) is -1.15. The Hall–Kier alpha value is -3.09. The smallest absolute Gasteiger partial charge is 0.185 e. The minimum atomic E-state index is -0.934. The zero-order valence-corrected chi connectivity index (χ0v) is 14.9. The summed E-state index contributed by atoms with van der Waals surface area (Å²) in [7, 11) is 0. The van der Waals surface area contributed by atoms with Gasteiger partial charge < -0.3 is 4.90 Å². The summed E-state index contributed by atoms with van der Waals surface area (Å²) in [6, 6.07) is 4.53. The molecule has 0 amide bonds. The van der Waals surface area contributed by atoms with Crippen molar-refractivity contribution in [3.05, 3.63) is 54.1 Å². The van der Waals surface area contributed by atoms with E-state index in [0.717, 1.165) is 36.0 Å². The van der Waals surface area contributed by atoms with Crippen molar-refractivity contribution in [2.45, 2.75) is 13.8 Å². The molecule has 5 nitrogen and oxygen atoms in total. The number of hydrogen-bond donors (Lipinski definition) is 0. The lowest BCUT2D eigenvalue weighted by Gasteiger charge is -2.38. The largest absolute Gasteiger partial charge is 0.368 e. The third-order valence-electron chi connectivity index (χ3n) is 5.06. The van der Waals surface area contributed by atoms with E-state index < -0.39 is 11.6 Å². The second kappa shape index (κ2) is 5.70. The Morgan fingerprint density at radius 1 is 1.11 bits per heavy atom. The van der Waals surface area contributed by atoms with Gasteiger partial charge in [-0.3, -0.25) is 0 Å². The van der Waals surface area contributed by atoms with E-state index in [1.54, 1.807) is 23.7 Å². The molecule has 3 aromatic heterocycles. The van der Waals surface area contributed by atoms with Gasteiger partial charge in [-0.1, -0.05) is 6.92 Å². The number of aryl methyl sites for hydroxylation is 1. The van der Waals surface area contributed by atoms with Crippen LogP contribution in [0.5, 0.6) is 0 Å². The summed E-state index contributed by atoms with van der Waals surface area (Å²) in [5.41, 5.74) is 3.83. The van der Waals surface area contributed by atoms with Crippen LogP contribution >= 0.6 is 0 Å². The fraction of sp³-hybridized carbons (Fsp3) is 0.250. The fourth-order valence-electron chi connectivity index (χ4n) is 3.71. The number of hydrogen-bond acceptors (Lipinski definition) is 4. The van der Waals surface area contributed by atoms with Crippen molar-refractivity contribution >= 4 is 22.2 Å². The Kier molecular flexibility index (Phi) is 3.40. The van der Waals surface area contributed by atoms with Gasteiger partial charge in [0.2, 0.25) is 0 Å². The maximum atomic E-state index is 14.3. The first-order valence-electron chi connectivity index (χ1n) is 8.85. The molecule has 4 heterocycles. The molecule has 0 atom stereocenters. The van der Waals surface area contributed by atoms with Crippen molar-refractivity contribution in [2.24, 2.45) is 5.92 Å². The molecule has 1 saturated heterocycles. The van der Waals surface area contributed by atoms with Crippen molar-refractivity contribution in [2.75, 3.05) is 18.0 Å². The molecule has 4 aromatic rings. The molecule has 0 saturated carbocycles. The van der Waals surface area contributed by atoms with E-state index in [4.69, 9.17) is 0 Å². The maximum Gasteiger partial charge on any atom is 0.185 e. The lowest BCUT2D eigenvalue weighted by Crippen LogP contribution is -2.45. The first-order valence-corrected chi connectivity index (χ1v) is 8.85. The molecular weight excluding hydrogens is 348 g/mol. The average molecular weight is 365 g/mol. The van der Waals surface area contributed by atoms with E-state index in [1.165, 1.54) is 0 Å². The Balaban J connectivity index is 1.69. The fourth-order valence-corrected chi connectivity index (χ4v) is 3.71. The minimum Gasteiger partial charge on any atom is -0.368 e. The standard InChI is InChI=1S/C20H17F2N5/c1-11-8-26(9-11)13-6-23-20-16(7-24-27(20)10-13)15-5-12(2)25-19-14(15)3-4-17(21)18(19)22/h3-7,10-11H,8-9H2,1-2H3. The third-order valence-corrected chi connectivity index (χ3v) is 5.06. The third kappa shape index (κ3) is 2.45. The van der Waals surface area contributed by atoms with Gasteiger partial charge in [0.1, 0.15) is 5.52 Å². The van der Waals surface area contributed by atoms with E-state index in [2.05, 4.69) is 26.9 Å². The van der Waals surface area contributed by atoms with Gasteiger partial charge in [-0.15, -0.1) is 0 Å². The number of anilines is 1. The molecule has 0 N–H and O–H groups in total. The normalized spacial score (nSPS) is 14.9. The number of benzene rings is 1. The monoisotopic (exact) mass is 365 g/mol. The van der Waals surface area contributed by atoms with Crippen molar-refractivity contribution in [3.8, 4) is 11.1 Å². The molecular formula is C20H17F2N5. The Morgan fingerprint density at radius 3 is 2.70 bits per heavy atom. The molecule has 1 aliphatic rings. The molecule has 5 rings (SSSR count). The van der Waals surface area contributed by atoms with Crippen LogP contribution in [0.3, 0.4) is 0 Å². The highest BCUT2D eigenvalue weighted by Gasteiger charge is 2.24. The molecule has 7 heteroatoms. The van der Waals surface area contributed by atoms with Gasteiger partial charge in [0.15, 0.2) is 17.3 Å². The molecule has 27 heavy (non-hydrogen) atoms. The number of halogens is 2. The lowest BCUT2D eigenvalue weighted by molar-refractivity contribution is 0.446. The van der Waals surface area contributed by atoms with Crippen LogP contribution in [-0.2, 0) is 0 Å². The van der Waals surface area contributed by atoms with E-state index in [0.29, 0.717) is 22.6 Å². The minimum absolute atomic E-state index is 0.0236. The second-order valence-corrected chi connectivity index (χ2v) is 7.22. The molecule has 0 spiro atoms. The van der Waals surface area contributed by atoms with Gasteiger partial charge in [0.25, 0.3) is 0 Å². The summed E-state index contributed by atoms with van der Waals surface area (Å²) < 4.78 is 29.6. The SMILES string of the molecule is Cc1cc(-c2cnn3cc(N4CC(C)C4)cnc23)c2ccc(F)c(F)c2n1. The quantitative estimate of drug-likeness (QED) is 0.539. The van der Waals surface area contributed by atoms with E-state index in [9.17, 15) is 8.78 Å². The van der Waals surface area contributed by atoms with E-state index in [1.807, 2.05) is 18.5 Å². The van der Waals surface area contributed by atoms with Crippen LogP contribution in [0.4, 0.5) is 14.5 Å². The molecule has 1 aliphatic heterocycles. The Morgan fingerprint density at radius 2 is 1.93 bits per heavy atom. The van der Waals surface area contributed by atoms with E-state index >= 15 is 0 Å². The number of aromatic nitrogens is 4. The highest BCUT2D eigenvalue weighted by Crippen LogP contribution is 2.33. The average Bonchev–Trinajstić information content (AvgIpc) is 3.05. The number of fused-ring (bicyclic) bond motifs is 2. The molecule has 1 aromatic carbocycles. The molecule has 0 radical (unpaired) electrons. The summed E-state index contributed by atoms with van der Waals surface area (Å²) >= 11 is 0. The Bertz CT molecular complexity index is 1190.